The van der Waals surface area contributed by atoms with Crippen LogP contribution < -0.4 is 5.32 Å². The summed E-state index contributed by atoms with van der Waals surface area (Å²) in [5.41, 5.74) is 3.00. The van der Waals surface area contributed by atoms with Gasteiger partial charge in [-0.2, -0.15) is 19.7 Å². The number of benzene rings is 1. The third-order valence-electron chi connectivity index (χ3n) is 4.13. The molecule has 0 radical (unpaired) electrons. The summed E-state index contributed by atoms with van der Waals surface area (Å²) in [6, 6.07) is 9.92. The lowest BCUT2D eigenvalue weighted by atomic mass is 10.2. The number of nitrogens with zero attached hydrogens (tertiary/aromatic N) is 6. The molecule has 2 N–H and O–H groups in total. The molecule has 0 amide bonds. The van der Waals surface area contributed by atoms with Gasteiger partial charge < -0.3 is 5.32 Å². The second-order valence-electron chi connectivity index (χ2n) is 5.79. The summed E-state index contributed by atoms with van der Waals surface area (Å²) in [6.07, 6.45) is 2.23. The molecule has 4 rings (SSSR count). The third-order valence-corrected chi connectivity index (χ3v) is 4.13. The van der Waals surface area contributed by atoms with Gasteiger partial charge in [-0.3, -0.25) is 5.10 Å². The van der Waals surface area contributed by atoms with Crippen molar-refractivity contribution >= 4 is 11.6 Å². The molecule has 0 saturated carbocycles. The van der Waals surface area contributed by atoms with Crippen molar-refractivity contribution < 1.29 is 0 Å². The maximum atomic E-state index is 4.55. The van der Waals surface area contributed by atoms with E-state index in [4.69, 9.17) is 0 Å². The van der Waals surface area contributed by atoms with E-state index in [9.17, 15) is 0 Å². The maximum Gasteiger partial charge on any atom is 0.254 e. The maximum absolute atomic E-state index is 4.55. The first-order valence-electron chi connectivity index (χ1n) is 8.10. The van der Waals surface area contributed by atoms with Gasteiger partial charge in [-0.1, -0.05) is 30.3 Å². The first kappa shape index (κ1) is 15.3. The Morgan fingerprint density at radius 2 is 1.96 bits per heavy atom. The number of nitrogens with one attached hydrogen (secondary N) is 2. The van der Waals surface area contributed by atoms with E-state index in [0.29, 0.717) is 18.1 Å². The number of hydrogen-bond acceptors (Lipinski definition) is 6. The van der Waals surface area contributed by atoms with Gasteiger partial charge >= 0.3 is 0 Å². The monoisotopic (exact) mass is 334 g/mol. The number of H-pyrrole nitrogens is 1. The van der Waals surface area contributed by atoms with Crippen molar-refractivity contribution in [2.24, 2.45) is 0 Å². The smallest absolute Gasteiger partial charge is 0.254 e. The molecule has 3 aromatic heterocycles. The zero-order chi connectivity index (χ0) is 17.2. The van der Waals surface area contributed by atoms with Crippen molar-refractivity contribution in [1.82, 2.24) is 34.8 Å². The summed E-state index contributed by atoms with van der Waals surface area (Å²) >= 11 is 0. The molecule has 25 heavy (non-hydrogen) atoms. The fourth-order valence-corrected chi connectivity index (χ4v) is 2.66. The first-order chi connectivity index (χ1) is 12.2. The van der Waals surface area contributed by atoms with E-state index in [1.165, 1.54) is 6.33 Å². The molecule has 8 heteroatoms. The Balaban J connectivity index is 1.48. The number of fused-ring (bicyclic) bond motifs is 1. The predicted molar refractivity (Wildman–Crippen MR) is 94.3 cm³/mol. The summed E-state index contributed by atoms with van der Waals surface area (Å²) in [5.74, 6) is 3.05. The summed E-state index contributed by atoms with van der Waals surface area (Å²) < 4.78 is 1.72. The summed E-state index contributed by atoms with van der Waals surface area (Å²) in [5, 5.41) is 14.9. The van der Waals surface area contributed by atoms with Gasteiger partial charge in [0.1, 0.15) is 18.0 Å². The molecule has 1 aromatic carbocycles. The summed E-state index contributed by atoms with van der Waals surface area (Å²) in [6.45, 7) is 4.69. The number of aromatic nitrogens is 7. The summed E-state index contributed by atoms with van der Waals surface area (Å²) in [7, 11) is 0. The predicted octanol–water partition coefficient (Wildman–Crippen LogP) is 2.18. The Morgan fingerprint density at radius 3 is 2.80 bits per heavy atom. The van der Waals surface area contributed by atoms with Crippen molar-refractivity contribution in [2.45, 2.75) is 20.3 Å². The molecule has 0 bridgehead atoms. The van der Waals surface area contributed by atoms with Gasteiger partial charge in [-0.15, -0.1) is 0 Å². The van der Waals surface area contributed by atoms with Crippen molar-refractivity contribution in [3.05, 3.63) is 53.7 Å². The van der Waals surface area contributed by atoms with Crippen LogP contribution in [0.15, 0.2) is 36.7 Å². The molecule has 0 unspecified atom stereocenters. The van der Waals surface area contributed by atoms with Crippen LogP contribution in [0.5, 0.6) is 0 Å². The quantitative estimate of drug-likeness (QED) is 0.581. The van der Waals surface area contributed by atoms with Gasteiger partial charge in [0, 0.05) is 29.8 Å². The molecule has 0 atom stereocenters. The van der Waals surface area contributed by atoms with Crippen LogP contribution in [0.4, 0.5) is 5.82 Å². The standard InChI is InChI=1S/C17H18N8/c1-11-12(2)21-17-19-10-20-25(17)16(11)18-9-8-14-22-15(24-23-14)13-6-4-3-5-7-13/h3-7,10,18H,8-9H2,1-2H3,(H,22,23,24). The van der Waals surface area contributed by atoms with E-state index in [1.807, 2.05) is 44.2 Å². The molecule has 0 saturated heterocycles. The second kappa shape index (κ2) is 6.31. The van der Waals surface area contributed by atoms with E-state index in [2.05, 4.69) is 35.6 Å². The summed E-state index contributed by atoms with van der Waals surface area (Å²) in [4.78, 5) is 13.1. The highest BCUT2D eigenvalue weighted by molar-refractivity contribution is 5.54. The SMILES string of the molecule is Cc1nc2ncnn2c(NCCc2nc(-c3ccccc3)n[nH]2)c1C. The van der Waals surface area contributed by atoms with Crippen molar-refractivity contribution in [3.8, 4) is 11.4 Å². The van der Waals surface area contributed by atoms with Gasteiger partial charge in [0.05, 0.1) is 0 Å². The first-order valence-corrected chi connectivity index (χ1v) is 8.10. The van der Waals surface area contributed by atoms with E-state index in [0.717, 1.165) is 34.9 Å². The van der Waals surface area contributed by atoms with Gasteiger partial charge in [-0.25, -0.2) is 9.97 Å². The average Bonchev–Trinajstić information content (AvgIpc) is 3.28. The molecule has 0 aliphatic heterocycles. The molecule has 0 spiro atoms. The van der Waals surface area contributed by atoms with Gasteiger partial charge in [-0.05, 0) is 13.8 Å². The number of anilines is 1. The van der Waals surface area contributed by atoms with E-state index in [-0.39, 0.29) is 0 Å². The Morgan fingerprint density at radius 1 is 1.12 bits per heavy atom. The minimum Gasteiger partial charge on any atom is -0.369 e. The van der Waals surface area contributed by atoms with Gasteiger partial charge in [0.15, 0.2) is 5.82 Å². The lowest BCUT2D eigenvalue weighted by Gasteiger charge is -2.11. The molecule has 4 aromatic rings. The Bertz CT molecular complexity index is 1000. The number of rotatable bonds is 5. The number of aryl methyl sites for hydroxylation is 1. The van der Waals surface area contributed by atoms with E-state index < -0.39 is 0 Å². The van der Waals surface area contributed by atoms with Crippen LogP contribution in [0.3, 0.4) is 0 Å². The molecule has 0 aliphatic rings. The Labute approximate surface area is 144 Å². The highest BCUT2D eigenvalue weighted by Gasteiger charge is 2.11. The minimum absolute atomic E-state index is 0.594. The largest absolute Gasteiger partial charge is 0.369 e. The molecule has 0 aliphatic carbocycles. The lowest BCUT2D eigenvalue weighted by Crippen LogP contribution is -2.13. The lowest BCUT2D eigenvalue weighted by molar-refractivity contribution is 0.865. The van der Waals surface area contributed by atoms with Crippen molar-refractivity contribution in [2.75, 3.05) is 11.9 Å². The highest BCUT2D eigenvalue weighted by atomic mass is 15.4. The van der Waals surface area contributed by atoms with E-state index in [1.54, 1.807) is 4.52 Å². The van der Waals surface area contributed by atoms with Gasteiger partial charge in [0.25, 0.3) is 5.78 Å². The van der Waals surface area contributed by atoms with Crippen LogP contribution in [-0.4, -0.2) is 41.3 Å². The fraction of sp³-hybridized carbons (Fsp3) is 0.235. The third kappa shape index (κ3) is 2.93. The Hall–Kier alpha value is -3.29. The van der Waals surface area contributed by atoms with Crippen molar-refractivity contribution in [3.63, 3.8) is 0 Å². The van der Waals surface area contributed by atoms with Crippen molar-refractivity contribution in [1.29, 1.82) is 0 Å². The zero-order valence-electron chi connectivity index (χ0n) is 14.1. The molecule has 8 nitrogen and oxygen atoms in total. The molecule has 0 fully saturated rings. The highest BCUT2D eigenvalue weighted by Crippen LogP contribution is 2.18. The fourth-order valence-electron chi connectivity index (χ4n) is 2.66. The molecular weight excluding hydrogens is 316 g/mol. The van der Waals surface area contributed by atoms with E-state index >= 15 is 0 Å². The zero-order valence-corrected chi connectivity index (χ0v) is 14.1. The Kier molecular flexibility index (Phi) is 3.85. The number of aromatic amines is 1. The van der Waals surface area contributed by atoms with Crippen LogP contribution in [0.1, 0.15) is 17.1 Å². The normalized spacial score (nSPS) is 11.1. The van der Waals surface area contributed by atoms with Crippen LogP contribution in [0.25, 0.3) is 17.2 Å². The molecular formula is C17H18N8. The molecule has 3 heterocycles. The average molecular weight is 334 g/mol. The number of hydrogen-bond donors (Lipinski definition) is 2. The van der Waals surface area contributed by atoms with Crippen LogP contribution >= 0.6 is 0 Å². The minimum atomic E-state index is 0.594. The van der Waals surface area contributed by atoms with Crippen LogP contribution in [0, 0.1) is 13.8 Å². The second-order valence-corrected chi connectivity index (χ2v) is 5.79. The van der Waals surface area contributed by atoms with Crippen LogP contribution in [-0.2, 0) is 6.42 Å². The van der Waals surface area contributed by atoms with Crippen LogP contribution in [0.2, 0.25) is 0 Å². The van der Waals surface area contributed by atoms with Gasteiger partial charge in [0.2, 0.25) is 0 Å². The topological polar surface area (TPSA) is 96.7 Å². The molecule has 126 valence electrons.